The summed E-state index contributed by atoms with van der Waals surface area (Å²) < 4.78 is 1.75. The van der Waals surface area contributed by atoms with Crippen molar-refractivity contribution in [1.82, 2.24) is 9.78 Å². The summed E-state index contributed by atoms with van der Waals surface area (Å²) in [6.07, 6.45) is 4.03. The predicted molar refractivity (Wildman–Crippen MR) is 86.2 cm³/mol. The van der Waals surface area contributed by atoms with Gasteiger partial charge >= 0.3 is 0 Å². The highest BCUT2D eigenvalue weighted by Crippen LogP contribution is 2.29. The number of carbonyl (C=O) groups is 1. The number of hydrogen-bond acceptors (Lipinski definition) is 2. The summed E-state index contributed by atoms with van der Waals surface area (Å²) in [6.45, 7) is 0. The summed E-state index contributed by atoms with van der Waals surface area (Å²) in [4.78, 5) is 12.0. The number of fused-ring (bicyclic) bond motifs is 2. The Morgan fingerprint density at radius 2 is 1.82 bits per heavy atom. The van der Waals surface area contributed by atoms with Gasteiger partial charge in [-0.05, 0) is 37.1 Å². The van der Waals surface area contributed by atoms with Crippen LogP contribution in [0.25, 0.3) is 16.5 Å². The maximum atomic E-state index is 12.0. The molecule has 0 fully saturated rings. The number of aryl methyl sites for hydroxylation is 1. The first-order valence-electron chi connectivity index (χ1n) is 7.64. The number of nitrogens with two attached hydrogens (primary N) is 1. The van der Waals surface area contributed by atoms with E-state index in [1.807, 2.05) is 24.3 Å². The van der Waals surface area contributed by atoms with Crippen LogP contribution in [0.2, 0.25) is 0 Å². The Hall–Kier alpha value is -2.62. The second-order valence-electron chi connectivity index (χ2n) is 5.76. The third-order valence-electron chi connectivity index (χ3n) is 4.39. The highest BCUT2D eigenvalue weighted by Gasteiger charge is 2.25. The van der Waals surface area contributed by atoms with Gasteiger partial charge in [-0.15, -0.1) is 0 Å². The number of rotatable bonds is 2. The molecule has 0 saturated carbocycles. The number of aromatic nitrogens is 2. The highest BCUT2D eigenvalue weighted by molar-refractivity contribution is 5.96. The molecule has 4 heteroatoms. The van der Waals surface area contributed by atoms with E-state index in [0.717, 1.165) is 53.4 Å². The third-order valence-corrected chi connectivity index (χ3v) is 4.39. The van der Waals surface area contributed by atoms with Crippen molar-refractivity contribution in [3.8, 4) is 5.69 Å². The Morgan fingerprint density at radius 3 is 2.68 bits per heavy atom. The van der Waals surface area contributed by atoms with Crippen LogP contribution in [-0.2, 0) is 12.8 Å². The van der Waals surface area contributed by atoms with E-state index in [1.54, 1.807) is 4.68 Å². The molecule has 0 saturated heterocycles. The number of nitrogens with zero attached hydrogens (tertiary/aromatic N) is 2. The van der Waals surface area contributed by atoms with Crippen molar-refractivity contribution < 1.29 is 4.79 Å². The largest absolute Gasteiger partial charge is 0.364 e. The minimum absolute atomic E-state index is 0.399. The number of hydrogen-bond donors (Lipinski definition) is 1. The topological polar surface area (TPSA) is 60.9 Å². The number of amides is 1. The van der Waals surface area contributed by atoms with E-state index in [9.17, 15) is 4.79 Å². The third kappa shape index (κ3) is 1.91. The Labute approximate surface area is 128 Å². The smallest absolute Gasteiger partial charge is 0.267 e. The Balaban J connectivity index is 2.03. The molecule has 0 aliphatic heterocycles. The van der Waals surface area contributed by atoms with Gasteiger partial charge in [0.05, 0.1) is 11.4 Å². The quantitative estimate of drug-likeness (QED) is 0.789. The SMILES string of the molecule is NC(=O)c1c2c(nn1-c1cccc3ccccc13)CCCC2. The van der Waals surface area contributed by atoms with Gasteiger partial charge in [0.25, 0.3) is 5.91 Å². The van der Waals surface area contributed by atoms with E-state index >= 15 is 0 Å². The lowest BCUT2D eigenvalue weighted by Crippen LogP contribution is -2.19. The molecule has 1 amide bonds. The fourth-order valence-corrected chi connectivity index (χ4v) is 3.37. The Kier molecular flexibility index (Phi) is 2.96. The van der Waals surface area contributed by atoms with Crippen molar-refractivity contribution in [1.29, 1.82) is 0 Å². The summed E-state index contributed by atoms with van der Waals surface area (Å²) in [7, 11) is 0. The van der Waals surface area contributed by atoms with Crippen molar-refractivity contribution in [3.63, 3.8) is 0 Å². The van der Waals surface area contributed by atoms with Crippen LogP contribution in [0.3, 0.4) is 0 Å². The molecule has 0 unspecified atom stereocenters. The minimum Gasteiger partial charge on any atom is -0.364 e. The number of carbonyl (C=O) groups excluding carboxylic acids is 1. The van der Waals surface area contributed by atoms with Crippen molar-refractivity contribution in [2.24, 2.45) is 5.73 Å². The van der Waals surface area contributed by atoms with Crippen molar-refractivity contribution in [2.75, 3.05) is 0 Å². The zero-order valence-corrected chi connectivity index (χ0v) is 12.2. The van der Waals surface area contributed by atoms with E-state index in [4.69, 9.17) is 10.8 Å². The van der Waals surface area contributed by atoms with E-state index in [0.29, 0.717) is 5.69 Å². The van der Waals surface area contributed by atoms with E-state index in [2.05, 4.69) is 18.2 Å². The molecule has 0 atom stereocenters. The highest BCUT2D eigenvalue weighted by atomic mass is 16.1. The second-order valence-corrected chi connectivity index (χ2v) is 5.76. The van der Waals surface area contributed by atoms with Gasteiger partial charge in [-0.1, -0.05) is 36.4 Å². The predicted octanol–water partition coefficient (Wildman–Crippen LogP) is 3.00. The lowest BCUT2D eigenvalue weighted by Gasteiger charge is -2.10. The fourth-order valence-electron chi connectivity index (χ4n) is 3.37. The minimum atomic E-state index is -0.399. The molecule has 3 aromatic rings. The molecule has 2 N–H and O–H groups in total. The van der Waals surface area contributed by atoms with Gasteiger partial charge in [0, 0.05) is 10.9 Å². The molecule has 110 valence electrons. The molecule has 1 heterocycles. The molecule has 4 rings (SSSR count). The second kappa shape index (κ2) is 4.98. The first-order valence-corrected chi connectivity index (χ1v) is 7.64. The summed E-state index contributed by atoms with van der Waals surface area (Å²) in [5.41, 5.74) is 9.19. The maximum Gasteiger partial charge on any atom is 0.267 e. The lowest BCUT2D eigenvalue weighted by atomic mass is 9.95. The molecule has 4 nitrogen and oxygen atoms in total. The van der Waals surface area contributed by atoms with Crippen molar-refractivity contribution >= 4 is 16.7 Å². The van der Waals surface area contributed by atoms with Gasteiger partial charge in [-0.25, -0.2) is 4.68 Å². The van der Waals surface area contributed by atoms with Gasteiger partial charge in [-0.2, -0.15) is 5.10 Å². The summed E-state index contributed by atoms with van der Waals surface area (Å²) in [5, 5.41) is 6.91. The van der Waals surface area contributed by atoms with Crippen molar-refractivity contribution in [2.45, 2.75) is 25.7 Å². The Morgan fingerprint density at radius 1 is 1.05 bits per heavy atom. The molecule has 0 bridgehead atoms. The fraction of sp³-hybridized carbons (Fsp3) is 0.222. The zero-order chi connectivity index (χ0) is 15.1. The molecule has 22 heavy (non-hydrogen) atoms. The molecular formula is C18H17N3O. The molecule has 1 aliphatic rings. The summed E-state index contributed by atoms with van der Waals surface area (Å²) in [5.74, 6) is -0.399. The molecular weight excluding hydrogens is 274 g/mol. The molecule has 1 aromatic heterocycles. The van der Waals surface area contributed by atoms with Crippen molar-refractivity contribution in [3.05, 3.63) is 59.4 Å². The lowest BCUT2D eigenvalue weighted by molar-refractivity contribution is 0.0992. The average Bonchev–Trinajstić information content (AvgIpc) is 2.93. The van der Waals surface area contributed by atoms with Gasteiger partial charge in [-0.3, -0.25) is 4.79 Å². The van der Waals surface area contributed by atoms with Crippen LogP contribution in [0.15, 0.2) is 42.5 Å². The van der Waals surface area contributed by atoms with Crippen LogP contribution < -0.4 is 5.73 Å². The number of benzene rings is 2. The number of primary amides is 1. The van der Waals surface area contributed by atoms with Gasteiger partial charge in [0.2, 0.25) is 0 Å². The zero-order valence-electron chi connectivity index (χ0n) is 12.2. The first-order chi connectivity index (χ1) is 10.8. The van der Waals surface area contributed by atoms with E-state index in [1.165, 1.54) is 0 Å². The van der Waals surface area contributed by atoms with Crippen LogP contribution in [-0.4, -0.2) is 15.7 Å². The average molecular weight is 291 g/mol. The van der Waals surface area contributed by atoms with Crippen LogP contribution in [0.1, 0.15) is 34.6 Å². The van der Waals surface area contributed by atoms with Crippen LogP contribution in [0.4, 0.5) is 0 Å². The van der Waals surface area contributed by atoms with Gasteiger partial charge < -0.3 is 5.73 Å². The summed E-state index contributed by atoms with van der Waals surface area (Å²) in [6, 6.07) is 14.2. The van der Waals surface area contributed by atoms with E-state index in [-0.39, 0.29) is 0 Å². The van der Waals surface area contributed by atoms with E-state index < -0.39 is 5.91 Å². The Bertz CT molecular complexity index is 874. The monoisotopic (exact) mass is 291 g/mol. The standard InChI is InChI=1S/C18H17N3O/c19-18(22)17-14-9-3-4-10-15(14)20-21(17)16-11-5-7-12-6-1-2-8-13(12)16/h1-2,5-8,11H,3-4,9-10H2,(H2,19,22). The molecule has 1 aliphatic carbocycles. The molecule has 0 radical (unpaired) electrons. The van der Waals surface area contributed by atoms with Gasteiger partial charge in [0.1, 0.15) is 5.69 Å². The van der Waals surface area contributed by atoms with Gasteiger partial charge in [0.15, 0.2) is 0 Å². The summed E-state index contributed by atoms with van der Waals surface area (Å²) >= 11 is 0. The first kappa shape index (κ1) is 13.1. The van der Waals surface area contributed by atoms with Crippen LogP contribution in [0.5, 0.6) is 0 Å². The normalized spacial score (nSPS) is 14.0. The molecule has 2 aromatic carbocycles. The molecule has 0 spiro atoms. The van der Waals surface area contributed by atoms with Crippen LogP contribution >= 0.6 is 0 Å². The maximum absolute atomic E-state index is 12.0. The van der Waals surface area contributed by atoms with Crippen LogP contribution in [0, 0.1) is 0 Å².